The van der Waals surface area contributed by atoms with Crippen LogP contribution in [0.4, 0.5) is 0 Å². The lowest BCUT2D eigenvalue weighted by Crippen LogP contribution is -2.23. The van der Waals surface area contributed by atoms with E-state index in [1.54, 1.807) is 32.9 Å². The zero-order valence-corrected chi connectivity index (χ0v) is 11.1. The van der Waals surface area contributed by atoms with Crippen molar-refractivity contribution < 1.29 is 14.7 Å². The van der Waals surface area contributed by atoms with E-state index in [-0.39, 0.29) is 11.6 Å². The summed E-state index contributed by atoms with van der Waals surface area (Å²) in [7, 11) is 0. The van der Waals surface area contributed by atoms with Gasteiger partial charge in [-0.3, -0.25) is 0 Å². The van der Waals surface area contributed by atoms with Gasteiger partial charge in [0.1, 0.15) is 11.8 Å². The first kappa shape index (κ1) is 13.5. The molecule has 6 nitrogen and oxygen atoms in total. The van der Waals surface area contributed by atoms with Crippen LogP contribution >= 0.6 is 0 Å². The molecule has 4 N–H and O–H groups in total. The molecule has 102 valence electrons. The van der Waals surface area contributed by atoms with Gasteiger partial charge < -0.3 is 20.5 Å². The fourth-order valence-corrected chi connectivity index (χ4v) is 1.78. The highest BCUT2D eigenvalue weighted by atomic mass is 16.5. The van der Waals surface area contributed by atoms with Crippen LogP contribution in [0.1, 0.15) is 30.0 Å². The van der Waals surface area contributed by atoms with E-state index in [9.17, 15) is 10.2 Å². The Hall–Kier alpha value is -1.92. The summed E-state index contributed by atoms with van der Waals surface area (Å²) >= 11 is 0. The third-order valence-electron chi connectivity index (χ3n) is 3.00. The molecule has 0 spiro atoms. The molecule has 0 radical (unpaired) electrons. The van der Waals surface area contributed by atoms with Crippen LogP contribution in [0.2, 0.25) is 0 Å². The molecule has 0 fully saturated rings. The summed E-state index contributed by atoms with van der Waals surface area (Å²) in [5.41, 5.74) is 7.94. The largest absolute Gasteiger partial charge is 0.507 e. The Morgan fingerprint density at radius 3 is 2.37 bits per heavy atom. The van der Waals surface area contributed by atoms with Crippen molar-refractivity contribution in [2.45, 2.75) is 32.9 Å². The number of nitrogens with zero attached hydrogens (tertiary/aromatic N) is 2. The van der Waals surface area contributed by atoms with Crippen LogP contribution in [0.25, 0.3) is 11.4 Å². The van der Waals surface area contributed by atoms with E-state index < -0.39 is 12.1 Å². The van der Waals surface area contributed by atoms with Gasteiger partial charge in [0, 0.05) is 5.56 Å². The summed E-state index contributed by atoms with van der Waals surface area (Å²) in [5.74, 6) is 0.832. The average molecular weight is 263 g/mol. The standard InChI is InChI=1S/C13H17N3O3/c1-6-4-9(5-7(2)11(6)18)12-15-13(19-16-12)10(14)8(3)17/h4-5,8,10,17-18H,14H2,1-3H3/t8-,10+/m1/s1. The van der Waals surface area contributed by atoms with Crippen LogP contribution in [-0.4, -0.2) is 26.5 Å². The molecule has 0 aliphatic carbocycles. The van der Waals surface area contributed by atoms with E-state index in [0.29, 0.717) is 5.82 Å². The van der Waals surface area contributed by atoms with Crippen molar-refractivity contribution in [2.24, 2.45) is 5.73 Å². The van der Waals surface area contributed by atoms with Crippen molar-refractivity contribution in [1.29, 1.82) is 0 Å². The minimum atomic E-state index is -0.767. The number of aryl methyl sites for hydroxylation is 2. The molecule has 0 amide bonds. The second-order valence-electron chi connectivity index (χ2n) is 4.68. The van der Waals surface area contributed by atoms with E-state index >= 15 is 0 Å². The molecule has 0 saturated heterocycles. The molecule has 1 aromatic carbocycles. The van der Waals surface area contributed by atoms with Gasteiger partial charge in [-0.25, -0.2) is 0 Å². The Labute approximate surface area is 110 Å². The summed E-state index contributed by atoms with van der Waals surface area (Å²) in [6, 6.07) is 2.83. The predicted molar refractivity (Wildman–Crippen MR) is 69.5 cm³/mol. The number of benzene rings is 1. The second kappa shape index (κ2) is 4.99. The van der Waals surface area contributed by atoms with E-state index in [0.717, 1.165) is 16.7 Å². The first-order chi connectivity index (χ1) is 8.90. The summed E-state index contributed by atoms with van der Waals surface area (Å²) in [6.07, 6.45) is -0.767. The number of nitrogens with two attached hydrogens (primary N) is 1. The normalized spacial score (nSPS) is 14.4. The highest BCUT2D eigenvalue weighted by molar-refractivity contribution is 5.60. The molecule has 2 rings (SSSR count). The Bertz CT molecular complexity index is 570. The Morgan fingerprint density at radius 1 is 1.26 bits per heavy atom. The van der Waals surface area contributed by atoms with Crippen LogP contribution in [-0.2, 0) is 0 Å². The lowest BCUT2D eigenvalue weighted by Gasteiger charge is -2.08. The first-order valence-corrected chi connectivity index (χ1v) is 5.98. The SMILES string of the molecule is Cc1cc(-c2noc([C@@H](N)[C@@H](C)O)n2)cc(C)c1O. The molecular formula is C13H17N3O3. The highest BCUT2D eigenvalue weighted by Crippen LogP contribution is 2.28. The molecule has 1 heterocycles. The Kier molecular flexibility index (Phi) is 3.55. The third kappa shape index (κ3) is 2.59. The molecule has 0 saturated carbocycles. The first-order valence-electron chi connectivity index (χ1n) is 5.98. The Balaban J connectivity index is 2.38. The molecule has 2 atom stereocenters. The number of phenols is 1. The molecule has 0 bridgehead atoms. The zero-order valence-electron chi connectivity index (χ0n) is 11.1. The quantitative estimate of drug-likeness (QED) is 0.773. The summed E-state index contributed by atoms with van der Waals surface area (Å²) in [6.45, 7) is 5.16. The number of aliphatic hydroxyl groups is 1. The van der Waals surface area contributed by atoms with Gasteiger partial charge in [0.25, 0.3) is 0 Å². The number of aliphatic hydroxyl groups excluding tert-OH is 1. The maximum atomic E-state index is 9.73. The van der Waals surface area contributed by atoms with Crippen molar-refractivity contribution in [1.82, 2.24) is 10.1 Å². The lowest BCUT2D eigenvalue weighted by atomic mass is 10.1. The van der Waals surface area contributed by atoms with Gasteiger partial charge in [-0.1, -0.05) is 5.16 Å². The number of hydrogen-bond acceptors (Lipinski definition) is 6. The van der Waals surface area contributed by atoms with Crippen molar-refractivity contribution in [2.75, 3.05) is 0 Å². The van der Waals surface area contributed by atoms with Crippen LogP contribution in [0.15, 0.2) is 16.7 Å². The number of aromatic nitrogens is 2. The van der Waals surface area contributed by atoms with Crippen molar-refractivity contribution in [3.8, 4) is 17.1 Å². The van der Waals surface area contributed by atoms with Crippen LogP contribution in [0.5, 0.6) is 5.75 Å². The maximum Gasteiger partial charge on any atom is 0.246 e. The summed E-state index contributed by atoms with van der Waals surface area (Å²) in [4.78, 5) is 4.17. The van der Waals surface area contributed by atoms with Crippen molar-refractivity contribution in [3.63, 3.8) is 0 Å². The molecule has 0 unspecified atom stereocenters. The molecule has 6 heteroatoms. The van der Waals surface area contributed by atoms with Gasteiger partial charge >= 0.3 is 0 Å². The summed E-state index contributed by atoms with van der Waals surface area (Å²) < 4.78 is 5.04. The molecule has 2 aromatic rings. The van der Waals surface area contributed by atoms with E-state index in [1.807, 2.05) is 0 Å². The van der Waals surface area contributed by atoms with Crippen molar-refractivity contribution in [3.05, 3.63) is 29.2 Å². The van der Waals surface area contributed by atoms with Crippen LogP contribution < -0.4 is 5.73 Å². The lowest BCUT2D eigenvalue weighted by molar-refractivity contribution is 0.146. The van der Waals surface area contributed by atoms with Gasteiger partial charge in [-0.2, -0.15) is 4.98 Å². The zero-order chi connectivity index (χ0) is 14.2. The fourth-order valence-electron chi connectivity index (χ4n) is 1.78. The van der Waals surface area contributed by atoms with Gasteiger partial charge in [0.05, 0.1) is 6.10 Å². The van der Waals surface area contributed by atoms with E-state index in [1.165, 1.54) is 0 Å². The van der Waals surface area contributed by atoms with Crippen molar-refractivity contribution >= 4 is 0 Å². The van der Waals surface area contributed by atoms with Crippen LogP contribution in [0, 0.1) is 13.8 Å². The number of phenolic OH excluding ortho intramolecular Hbond substituents is 1. The van der Waals surface area contributed by atoms with Gasteiger partial charge in [0.2, 0.25) is 11.7 Å². The summed E-state index contributed by atoms with van der Waals surface area (Å²) in [5, 5.41) is 23.0. The molecular weight excluding hydrogens is 246 g/mol. The fraction of sp³-hybridized carbons (Fsp3) is 0.385. The molecule has 19 heavy (non-hydrogen) atoms. The minimum Gasteiger partial charge on any atom is -0.507 e. The molecule has 1 aromatic heterocycles. The Morgan fingerprint density at radius 2 is 1.84 bits per heavy atom. The van der Waals surface area contributed by atoms with Gasteiger partial charge in [-0.15, -0.1) is 0 Å². The minimum absolute atomic E-state index is 0.188. The maximum absolute atomic E-state index is 9.73. The van der Waals surface area contributed by atoms with Crippen LogP contribution in [0.3, 0.4) is 0 Å². The second-order valence-corrected chi connectivity index (χ2v) is 4.68. The third-order valence-corrected chi connectivity index (χ3v) is 3.00. The topological polar surface area (TPSA) is 105 Å². The number of hydrogen-bond donors (Lipinski definition) is 3. The number of aromatic hydroxyl groups is 1. The highest BCUT2D eigenvalue weighted by Gasteiger charge is 2.20. The predicted octanol–water partition coefficient (Wildman–Crippen LogP) is 1.44. The molecule has 0 aliphatic rings. The molecule has 0 aliphatic heterocycles. The van der Waals surface area contributed by atoms with E-state index in [4.69, 9.17) is 10.3 Å². The van der Waals surface area contributed by atoms with Gasteiger partial charge in [-0.05, 0) is 44.0 Å². The van der Waals surface area contributed by atoms with Gasteiger partial charge in [0.15, 0.2) is 0 Å². The average Bonchev–Trinajstić information content (AvgIpc) is 2.83. The monoisotopic (exact) mass is 263 g/mol. The van der Waals surface area contributed by atoms with E-state index in [2.05, 4.69) is 10.1 Å². The smallest absolute Gasteiger partial charge is 0.246 e. The number of rotatable bonds is 3.